The molecule has 5 heteroatoms. The minimum absolute atomic E-state index is 0.103. The number of thiophene rings is 1. The van der Waals surface area contributed by atoms with E-state index in [9.17, 15) is 0 Å². The summed E-state index contributed by atoms with van der Waals surface area (Å²) in [5, 5.41) is 4.25. The van der Waals surface area contributed by atoms with Crippen molar-refractivity contribution in [3.63, 3.8) is 0 Å². The van der Waals surface area contributed by atoms with E-state index in [1.165, 1.54) is 5.56 Å². The van der Waals surface area contributed by atoms with Crippen molar-refractivity contribution in [2.75, 3.05) is 27.8 Å². The van der Waals surface area contributed by atoms with Crippen molar-refractivity contribution in [1.29, 1.82) is 0 Å². The Morgan fingerprint density at radius 1 is 1.24 bits per heavy atom. The summed E-state index contributed by atoms with van der Waals surface area (Å²) in [4.78, 5) is 2.24. The topological polar surface area (TPSA) is 47.7 Å². The van der Waals surface area contributed by atoms with E-state index in [-0.39, 0.29) is 6.04 Å². The second-order valence-electron chi connectivity index (χ2n) is 4.91. The predicted molar refractivity (Wildman–Crippen MR) is 87.1 cm³/mol. The molecule has 1 aromatic heterocycles. The van der Waals surface area contributed by atoms with Crippen molar-refractivity contribution in [3.05, 3.63) is 46.2 Å². The number of nitrogens with two attached hydrogens (primary N) is 1. The first-order chi connectivity index (χ1) is 10.2. The number of hydrogen-bond donors (Lipinski definition) is 1. The fraction of sp³-hybridized carbons (Fsp3) is 0.375. The number of hydrogen-bond acceptors (Lipinski definition) is 5. The van der Waals surface area contributed by atoms with Crippen LogP contribution in [-0.4, -0.2) is 32.7 Å². The zero-order chi connectivity index (χ0) is 15.2. The van der Waals surface area contributed by atoms with Crippen LogP contribution in [0.3, 0.4) is 0 Å². The van der Waals surface area contributed by atoms with E-state index >= 15 is 0 Å². The Bertz CT molecular complexity index is 557. The molecule has 0 radical (unpaired) electrons. The van der Waals surface area contributed by atoms with Crippen LogP contribution in [0.5, 0.6) is 11.5 Å². The highest BCUT2D eigenvalue weighted by atomic mass is 32.1. The number of rotatable bonds is 7. The lowest BCUT2D eigenvalue weighted by atomic mass is 10.0. The summed E-state index contributed by atoms with van der Waals surface area (Å²) >= 11 is 1.71. The maximum Gasteiger partial charge on any atom is 0.127 e. The number of likely N-dealkylation sites (N-methyl/N-ethyl adjacent to an activating group) is 1. The van der Waals surface area contributed by atoms with Crippen molar-refractivity contribution in [1.82, 2.24) is 4.90 Å². The first-order valence-electron chi connectivity index (χ1n) is 6.83. The minimum Gasteiger partial charge on any atom is -0.497 e. The zero-order valence-electron chi connectivity index (χ0n) is 12.7. The molecule has 0 saturated heterocycles. The van der Waals surface area contributed by atoms with Crippen LogP contribution in [0.15, 0.2) is 35.0 Å². The van der Waals surface area contributed by atoms with E-state index in [0.717, 1.165) is 23.6 Å². The van der Waals surface area contributed by atoms with Gasteiger partial charge in [0.15, 0.2) is 0 Å². The van der Waals surface area contributed by atoms with Crippen LogP contribution in [0.1, 0.15) is 17.2 Å². The summed E-state index contributed by atoms with van der Waals surface area (Å²) in [7, 11) is 5.40. The van der Waals surface area contributed by atoms with E-state index in [1.54, 1.807) is 25.6 Å². The van der Waals surface area contributed by atoms with E-state index < -0.39 is 0 Å². The summed E-state index contributed by atoms with van der Waals surface area (Å²) in [6.45, 7) is 1.39. The lowest BCUT2D eigenvalue weighted by Crippen LogP contribution is -2.30. The number of nitrogens with zero attached hydrogens (tertiary/aromatic N) is 1. The van der Waals surface area contributed by atoms with Gasteiger partial charge in [0.05, 0.1) is 20.3 Å². The van der Waals surface area contributed by atoms with Crippen LogP contribution in [0.25, 0.3) is 0 Å². The molecule has 0 fully saturated rings. The first kappa shape index (κ1) is 15.8. The maximum absolute atomic E-state index is 6.00. The molecule has 114 valence electrons. The van der Waals surface area contributed by atoms with Gasteiger partial charge in [-0.1, -0.05) is 6.07 Å². The molecule has 0 saturated carbocycles. The Balaban J connectivity index is 2.23. The largest absolute Gasteiger partial charge is 0.497 e. The highest BCUT2D eigenvalue weighted by Gasteiger charge is 2.20. The third kappa shape index (κ3) is 3.75. The molecule has 1 unspecified atom stereocenters. The summed E-state index contributed by atoms with van der Waals surface area (Å²) in [5.41, 5.74) is 8.38. The maximum atomic E-state index is 6.00. The molecule has 2 aromatic rings. The molecule has 2 N–H and O–H groups in total. The molecular formula is C16H22N2O2S. The molecule has 2 rings (SSSR count). The zero-order valence-corrected chi connectivity index (χ0v) is 13.5. The molecule has 1 atom stereocenters. The standard InChI is InChI=1S/C16H22N2O2S/c1-18(10-12-6-7-21-11-12)15(9-17)14-5-4-13(19-2)8-16(14)20-3/h4-8,11,15H,9-10,17H2,1-3H3. The van der Waals surface area contributed by atoms with Crippen molar-refractivity contribution in [2.24, 2.45) is 5.73 Å². The van der Waals surface area contributed by atoms with Gasteiger partial charge in [-0.25, -0.2) is 0 Å². The molecule has 0 aliphatic heterocycles. The number of ether oxygens (including phenoxy) is 2. The summed E-state index contributed by atoms with van der Waals surface area (Å²) in [6, 6.07) is 8.11. The normalized spacial score (nSPS) is 12.4. The average molecular weight is 306 g/mol. The van der Waals surface area contributed by atoms with Gasteiger partial charge in [-0.15, -0.1) is 0 Å². The Hall–Kier alpha value is -1.56. The van der Waals surface area contributed by atoms with Crippen LogP contribution in [0, 0.1) is 0 Å². The molecule has 0 aliphatic rings. The van der Waals surface area contributed by atoms with Crippen LogP contribution in [0.2, 0.25) is 0 Å². The first-order valence-corrected chi connectivity index (χ1v) is 7.77. The fourth-order valence-corrected chi connectivity index (χ4v) is 3.08. The lowest BCUT2D eigenvalue weighted by molar-refractivity contribution is 0.236. The van der Waals surface area contributed by atoms with E-state index in [1.807, 2.05) is 18.2 Å². The van der Waals surface area contributed by atoms with Gasteiger partial charge in [-0.05, 0) is 35.5 Å². The summed E-state index contributed by atoms with van der Waals surface area (Å²) in [6.07, 6.45) is 0. The van der Waals surface area contributed by atoms with Gasteiger partial charge in [-0.3, -0.25) is 4.90 Å². The van der Waals surface area contributed by atoms with Crippen LogP contribution in [0.4, 0.5) is 0 Å². The monoisotopic (exact) mass is 306 g/mol. The lowest BCUT2D eigenvalue weighted by Gasteiger charge is -2.28. The molecule has 0 bridgehead atoms. The third-order valence-corrected chi connectivity index (χ3v) is 4.30. The van der Waals surface area contributed by atoms with Crippen molar-refractivity contribution in [3.8, 4) is 11.5 Å². The van der Waals surface area contributed by atoms with Crippen LogP contribution in [-0.2, 0) is 6.54 Å². The highest BCUT2D eigenvalue weighted by molar-refractivity contribution is 7.07. The van der Waals surface area contributed by atoms with Gasteiger partial charge in [0.25, 0.3) is 0 Å². The van der Waals surface area contributed by atoms with Gasteiger partial charge in [-0.2, -0.15) is 11.3 Å². The van der Waals surface area contributed by atoms with Gasteiger partial charge in [0.1, 0.15) is 11.5 Å². The molecule has 4 nitrogen and oxygen atoms in total. The van der Waals surface area contributed by atoms with Crippen molar-refractivity contribution in [2.45, 2.75) is 12.6 Å². The van der Waals surface area contributed by atoms with Crippen LogP contribution < -0.4 is 15.2 Å². The van der Waals surface area contributed by atoms with Crippen molar-refractivity contribution < 1.29 is 9.47 Å². The fourth-order valence-electron chi connectivity index (χ4n) is 2.42. The van der Waals surface area contributed by atoms with Gasteiger partial charge in [0, 0.05) is 24.7 Å². The number of methoxy groups -OCH3 is 2. The van der Waals surface area contributed by atoms with Gasteiger partial charge in [0.2, 0.25) is 0 Å². The van der Waals surface area contributed by atoms with Gasteiger partial charge < -0.3 is 15.2 Å². The van der Waals surface area contributed by atoms with Gasteiger partial charge >= 0.3 is 0 Å². The van der Waals surface area contributed by atoms with E-state index in [2.05, 4.69) is 28.8 Å². The third-order valence-electron chi connectivity index (χ3n) is 3.57. The molecule has 0 aliphatic carbocycles. The van der Waals surface area contributed by atoms with Crippen LogP contribution >= 0.6 is 11.3 Å². The SMILES string of the molecule is COc1ccc(C(CN)N(C)Cc2ccsc2)c(OC)c1. The molecule has 0 amide bonds. The summed E-state index contributed by atoms with van der Waals surface area (Å²) in [5.74, 6) is 1.59. The Morgan fingerprint density at radius 3 is 2.62 bits per heavy atom. The highest BCUT2D eigenvalue weighted by Crippen LogP contribution is 2.32. The smallest absolute Gasteiger partial charge is 0.127 e. The second kappa shape index (κ2) is 7.45. The molecule has 21 heavy (non-hydrogen) atoms. The Labute approximate surface area is 130 Å². The summed E-state index contributed by atoms with van der Waals surface area (Å²) < 4.78 is 10.7. The second-order valence-corrected chi connectivity index (χ2v) is 5.69. The van der Waals surface area contributed by atoms with Crippen molar-refractivity contribution >= 4 is 11.3 Å². The predicted octanol–water partition coefficient (Wildman–Crippen LogP) is 2.90. The minimum atomic E-state index is 0.103. The number of benzene rings is 1. The molecule has 0 spiro atoms. The molecule has 1 heterocycles. The Morgan fingerprint density at radius 2 is 2.05 bits per heavy atom. The molecule has 1 aromatic carbocycles. The van der Waals surface area contributed by atoms with E-state index in [0.29, 0.717) is 6.54 Å². The quantitative estimate of drug-likeness (QED) is 0.854. The molecular weight excluding hydrogens is 284 g/mol. The van der Waals surface area contributed by atoms with E-state index in [4.69, 9.17) is 15.2 Å². The Kier molecular flexibility index (Phi) is 5.61. The average Bonchev–Trinajstić information content (AvgIpc) is 3.01.